The zero-order valence-corrected chi connectivity index (χ0v) is 18.8. The molecule has 1 saturated heterocycles. The van der Waals surface area contributed by atoms with Crippen molar-refractivity contribution >= 4 is 41.2 Å². The van der Waals surface area contributed by atoms with Gasteiger partial charge in [-0.25, -0.2) is 9.97 Å². The zero-order valence-electron chi connectivity index (χ0n) is 17.3. The lowest BCUT2D eigenvalue weighted by Crippen LogP contribution is -2.46. The van der Waals surface area contributed by atoms with Gasteiger partial charge in [0.25, 0.3) is 0 Å². The molecule has 1 fully saturated rings. The SMILES string of the molecule is CCCNC(=O)CSc1nc(Cl)cc(N2CCN(C/C=C/c3ccccc3)CC2)n1. The molecule has 1 aliphatic rings. The van der Waals surface area contributed by atoms with E-state index in [4.69, 9.17) is 11.6 Å². The summed E-state index contributed by atoms with van der Waals surface area (Å²) in [6.07, 6.45) is 5.30. The van der Waals surface area contributed by atoms with Gasteiger partial charge in [-0.2, -0.15) is 0 Å². The van der Waals surface area contributed by atoms with E-state index in [9.17, 15) is 4.79 Å². The molecular weight excluding hydrogens is 418 g/mol. The van der Waals surface area contributed by atoms with Crippen LogP contribution in [0.25, 0.3) is 6.08 Å². The van der Waals surface area contributed by atoms with E-state index >= 15 is 0 Å². The third-order valence-electron chi connectivity index (χ3n) is 4.74. The van der Waals surface area contributed by atoms with Gasteiger partial charge in [-0.3, -0.25) is 9.69 Å². The number of thioether (sulfide) groups is 1. The van der Waals surface area contributed by atoms with Crippen LogP contribution in [0, 0.1) is 0 Å². The fraction of sp³-hybridized carbons (Fsp3) is 0.409. The smallest absolute Gasteiger partial charge is 0.230 e. The summed E-state index contributed by atoms with van der Waals surface area (Å²) in [4.78, 5) is 25.3. The largest absolute Gasteiger partial charge is 0.355 e. The summed E-state index contributed by atoms with van der Waals surface area (Å²) in [5.74, 6) is 1.11. The fourth-order valence-electron chi connectivity index (χ4n) is 3.12. The molecule has 0 aliphatic carbocycles. The number of carbonyl (C=O) groups is 1. The van der Waals surface area contributed by atoms with Gasteiger partial charge in [0, 0.05) is 45.3 Å². The molecule has 1 aromatic heterocycles. The van der Waals surface area contributed by atoms with Gasteiger partial charge in [0.2, 0.25) is 5.91 Å². The highest BCUT2D eigenvalue weighted by atomic mass is 35.5. The molecule has 0 saturated carbocycles. The second-order valence-electron chi connectivity index (χ2n) is 7.07. The average Bonchev–Trinajstić information content (AvgIpc) is 2.77. The van der Waals surface area contributed by atoms with Crippen molar-refractivity contribution < 1.29 is 4.79 Å². The summed E-state index contributed by atoms with van der Waals surface area (Å²) in [7, 11) is 0. The zero-order chi connectivity index (χ0) is 21.2. The Morgan fingerprint density at radius 3 is 2.70 bits per heavy atom. The Kier molecular flexibility index (Phi) is 8.99. The number of benzene rings is 1. The number of anilines is 1. The number of hydrogen-bond donors (Lipinski definition) is 1. The van der Waals surface area contributed by atoms with E-state index in [1.54, 1.807) is 6.07 Å². The van der Waals surface area contributed by atoms with E-state index in [-0.39, 0.29) is 5.91 Å². The second kappa shape index (κ2) is 11.9. The molecule has 2 aromatic rings. The average molecular weight is 446 g/mol. The Morgan fingerprint density at radius 2 is 1.97 bits per heavy atom. The molecule has 1 amide bonds. The molecule has 30 heavy (non-hydrogen) atoms. The number of hydrogen-bond acceptors (Lipinski definition) is 6. The normalized spacial score (nSPS) is 14.9. The Labute approximate surface area is 187 Å². The lowest BCUT2D eigenvalue weighted by molar-refractivity contribution is -0.118. The van der Waals surface area contributed by atoms with Gasteiger partial charge in [0.15, 0.2) is 5.16 Å². The number of carbonyl (C=O) groups excluding carboxylic acids is 1. The lowest BCUT2D eigenvalue weighted by Gasteiger charge is -2.35. The van der Waals surface area contributed by atoms with Crippen LogP contribution >= 0.6 is 23.4 Å². The van der Waals surface area contributed by atoms with Crippen LogP contribution in [0.2, 0.25) is 5.15 Å². The molecule has 160 valence electrons. The quantitative estimate of drug-likeness (QED) is 0.361. The molecule has 0 unspecified atom stereocenters. The number of aromatic nitrogens is 2. The van der Waals surface area contributed by atoms with Gasteiger partial charge in [0.05, 0.1) is 5.75 Å². The Bertz CT molecular complexity index is 841. The maximum Gasteiger partial charge on any atom is 0.230 e. The van der Waals surface area contributed by atoms with E-state index in [2.05, 4.69) is 61.5 Å². The number of halogens is 1. The van der Waals surface area contributed by atoms with Crippen LogP contribution in [0.5, 0.6) is 0 Å². The van der Waals surface area contributed by atoms with Crippen LogP contribution < -0.4 is 10.2 Å². The van der Waals surface area contributed by atoms with Crippen LogP contribution in [0.1, 0.15) is 18.9 Å². The summed E-state index contributed by atoms with van der Waals surface area (Å²) in [6.45, 7) is 7.33. The van der Waals surface area contributed by atoms with Gasteiger partial charge >= 0.3 is 0 Å². The molecule has 6 nitrogen and oxygen atoms in total. The first-order chi connectivity index (χ1) is 14.6. The molecule has 0 bridgehead atoms. The summed E-state index contributed by atoms with van der Waals surface area (Å²) in [5, 5.41) is 3.80. The number of nitrogens with zero attached hydrogens (tertiary/aromatic N) is 4. The monoisotopic (exact) mass is 445 g/mol. The molecule has 1 aliphatic heterocycles. The topological polar surface area (TPSA) is 61.4 Å². The van der Waals surface area contributed by atoms with Crippen molar-refractivity contribution in [2.75, 3.05) is 49.9 Å². The minimum Gasteiger partial charge on any atom is -0.355 e. The first kappa shape index (κ1) is 22.6. The summed E-state index contributed by atoms with van der Waals surface area (Å²) in [6, 6.07) is 12.1. The second-order valence-corrected chi connectivity index (χ2v) is 8.40. The van der Waals surface area contributed by atoms with Gasteiger partial charge in [-0.1, -0.05) is 72.8 Å². The van der Waals surface area contributed by atoms with Crippen molar-refractivity contribution in [3.63, 3.8) is 0 Å². The van der Waals surface area contributed by atoms with Crippen molar-refractivity contribution in [3.8, 4) is 0 Å². The van der Waals surface area contributed by atoms with E-state index in [1.807, 2.05) is 13.0 Å². The molecule has 8 heteroatoms. The van der Waals surface area contributed by atoms with Crippen molar-refractivity contribution in [2.45, 2.75) is 18.5 Å². The predicted molar refractivity (Wildman–Crippen MR) is 125 cm³/mol. The van der Waals surface area contributed by atoms with Gasteiger partial charge in [-0.15, -0.1) is 0 Å². The van der Waals surface area contributed by atoms with E-state index in [0.29, 0.717) is 22.6 Å². The summed E-state index contributed by atoms with van der Waals surface area (Å²) < 4.78 is 0. The molecular formula is C22H28ClN5OS. The molecule has 1 N–H and O–H groups in total. The van der Waals surface area contributed by atoms with E-state index in [0.717, 1.165) is 45.0 Å². The molecule has 3 rings (SSSR count). The van der Waals surface area contributed by atoms with Gasteiger partial charge < -0.3 is 10.2 Å². The fourth-order valence-corrected chi connectivity index (χ4v) is 4.03. The molecule has 2 heterocycles. The maximum absolute atomic E-state index is 11.8. The Hall–Kier alpha value is -2.09. The van der Waals surface area contributed by atoms with Crippen molar-refractivity contribution in [3.05, 3.63) is 53.2 Å². The molecule has 0 atom stereocenters. The predicted octanol–water partition coefficient (Wildman–Crippen LogP) is 3.58. The van der Waals surface area contributed by atoms with Crippen LogP contribution in [-0.2, 0) is 4.79 Å². The molecule has 0 radical (unpaired) electrons. The van der Waals surface area contributed by atoms with Crippen LogP contribution in [-0.4, -0.2) is 65.8 Å². The Balaban J connectivity index is 1.49. The minimum atomic E-state index is -0.0100. The highest BCUT2D eigenvalue weighted by Crippen LogP contribution is 2.22. The van der Waals surface area contributed by atoms with Crippen molar-refractivity contribution in [1.82, 2.24) is 20.2 Å². The number of amides is 1. The maximum atomic E-state index is 11.8. The van der Waals surface area contributed by atoms with Crippen LogP contribution in [0.3, 0.4) is 0 Å². The van der Waals surface area contributed by atoms with Crippen LogP contribution in [0.4, 0.5) is 5.82 Å². The molecule has 0 spiro atoms. The summed E-state index contributed by atoms with van der Waals surface area (Å²) in [5.41, 5.74) is 1.22. The number of piperazine rings is 1. The van der Waals surface area contributed by atoms with Gasteiger partial charge in [0.1, 0.15) is 11.0 Å². The van der Waals surface area contributed by atoms with E-state index in [1.165, 1.54) is 17.3 Å². The number of rotatable bonds is 9. The minimum absolute atomic E-state index is 0.0100. The van der Waals surface area contributed by atoms with Crippen molar-refractivity contribution in [1.29, 1.82) is 0 Å². The first-order valence-corrected chi connectivity index (χ1v) is 11.6. The third-order valence-corrected chi connectivity index (χ3v) is 5.78. The first-order valence-electron chi connectivity index (χ1n) is 10.3. The summed E-state index contributed by atoms with van der Waals surface area (Å²) >= 11 is 7.53. The third kappa shape index (κ3) is 7.31. The number of nitrogens with one attached hydrogen (secondary N) is 1. The lowest BCUT2D eigenvalue weighted by atomic mass is 10.2. The van der Waals surface area contributed by atoms with Crippen LogP contribution in [0.15, 0.2) is 47.6 Å². The highest BCUT2D eigenvalue weighted by molar-refractivity contribution is 7.99. The van der Waals surface area contributed by atoms with E-state index < -0.39 is 0 Å². The standard InChI is InChI=1S/C22H28ClN5OS/c1-2-10-24-21(29)17-30-22-25-19(23)16-20(26-22)28-14-12-27(13-15-28)11-6-9-18-7-4-3-5-8-18/h3-9,16H,2,10-15,17H2,1H3,(H,24,29)/b9-6+. The van der Waals surface area contributed by atoms with Crippen molar-refractivity contribution in [2.24, 2.45) is 0 Å². The molecule has 1 aromatic carbocycles. The van der Waals surface area contributed by atoms with Gasteiger partial charge in [-0.05, 0) is 12.0 Å². The Morgan fingerprint density at radius 1 is 1.20 bits per heavy atom. The highest BCUT2D eigenvalue weighted by Gasteiger charge is 2.19.